The molecule has 0 bridgehead atoms. The monoisotopic (exact) mass is 296 g/mol. The first-order valence-corrected chi connectivity index (χ1v) is 6.44. The molecule has 0 saturated carbocycles. The van der Waals surface area contributed by atoms with Gasteiger partial charge in [0.1, 0.15) is 12.6 Å². The van der Waals surface area contributed by atoms with Crippen LogP contribution in [0.4, 0.5) is 0 Å². The number of rotatable bonds is 7. The van der Waals surface area contributed by atoms with E-state index in [0.717, 1.165) is 5.56 Å². The first-order valence-electron chi connectivity index (χ1n) is 6.44. The van der Waals surface area contributed by atoms with E-state index in [1.807, 2.05) is 37.2 Å². The second-order valence-corrected chi connectivity index (χ2v) is 4.72. The molecule has 0 aliphatic heterocycles. The third-order valence-corrected chi connectivity index (χ3v) is 3.08. The van der Waals surface area contributed by atoms with E-state index in [2.05, 4.69) is 0 Å². The zero-order valence-electron chi connectivity index (χ0n) is 13.2. The van der Waals surface area contributed by atoms with Gasteiger partial charge in [0, 0.05) is 12.7 Å². The van der Waals surface area contributed by atoms with Crippen LogP contribution in [0, 0.1) is 5.41 Å². The maximum atomic E-state index is 8.31. The summed E-state index contributed by atoms with van der Waals surface area (Å²) in [6.45, 7) is 0.134. The van der Waals surface area contributed by atoms with Gasteiger partial charge in [-0.05, 0) is 20.2 Å². The number of nitrogens with one attached hydrogen (secondary N) is 1. The summed E-state index contributed by atoms with van der Waals surface area (Å²) < 4.78 is 15.7. The molecule has 0 heterocycles. The number of nitrogens with zero attached hydrogens (tertiary/aromatic N) is 2. The van der Waals surface area contributed by atoms with Crippen LogP contribution >= 0.6 is 0 Å². The Morgan fingerprint density at radius 2 is 1.90 bits per heavy atom. The highest BCUT2D eigenvalue weighted by Gasteiger charge is 2.27. The van der Waals surface area contributed by atoms with E-state index in [1.54, 1.807) is 14.2 Å². The topological polar surface area (TPSA) is 84.0 Å². The molecule has 3 N–H and O–H groups in total. The van der Waals surface area contributed by atoms with Gasteiger partial charge in [0.2, 0.25) is 0 Å². The number of methoxy groups -OCH3 is 3. The highest BCUT2D eigenvalue weighted by Crippen LogP contribution is 2.36. The van der Waals surface area contributed by atoms with Gasteiger partial charge < -0.3 is 14.2 Å². The van der Waals surface area contributed by atoms with Crippen molar-refractivity contribution in [2.75, 3.05) is 42.2 Å². The van der Waals surface area contributed by atoms with E-state index < -0.39 is 0 Å². The molecule has 118 valence electrons. The van der Waals surface area contributed by atoms with Gasteiger partial charge in [0.25, 0.3) is 0 Å². The van der Waals surface area contributed by atoms with Gasteiger partial charge in [-0.2, -0.15) is 0 Å². The van der Waals surface area contributed by atoms with Crippen LogP contribution < -0.4 is 15.3 Å². The molecule has 7 heteroatoms. The molecular weight excluding hydrogens is 272 g/mol. The Hall–Kier alpha value is -1.83. The summed E-state index contributed by atoms with van der Waals surface area (Å²) in [5.74, 6) is 7.26. The molecule has 0 saturated heterocycles. The lowest BCUT2D eigenvalue weighted by Gasteiger charge is -2.31. The molecule has 0 amide bonds. The minimum absolute atomic E-state index is 0.134. The van der Waals surface area contributed by atoms with Crippen molar-refractivity contribution in [2.45, 2.75) is 6.04 Å². The van der Waals surface area contributed by atoms with E-state index in [0.29, 0.717) is 11.5 Å². The lowest BCUT2D eigenvalue weighted by Crippen LogP contribution is -2.45. The van der Waals surface area contributed by atoms with Crippen molar-refractivity contribution in [1.82, 2.24) is 9.91 Å². The molecule has 0 aliphatic rings. The molecule has 1 atom stereocenters. The van der Waals surface area contributed by atoms with E-state index >= 15 is 0 Å². The van der Waals surface area contributed by atoms with Crippen molar-refractivity contribution in [3.8, 4) is 11.5 Å². The maximum Gasteiger partial charge on any atom is 0.165 e. The molecule has 0 fully saturated rings. The second kappa shape index (κ2) is 7.82. The molecule has 1 aromatic rings. The first-order chi connectivity index (χ1) is 9.97. The Morgan fingerprint density at radius 3 is 2.38 bits per heavy atom. The average molecular weight is 296 g/mol. The normalized spacial score (nSPS) is 12.1. The lowest BCUT2D eigenvalue weighted by molar-refractivity contribution is 0.103. The maximum absolute atomic E-state index is 8.31. The number of likely N-dealkylation sites (N-methyl/N-ethyl adjacent to an activating group) is 1. The summed E-state index contributed by atoms with van der Waals surface area (Å²) in [6, 6.07) is 5.18. The molecule has 0 aromatic heterocycles. The Kier molecular flexibility index (Phi) is 6.41. The van der Waals surface area contributed by atoms with Crippen LogP contribution in [-0.4, -0.2) is 57.9 Å². The molecule has 1 rings (SSSR count). The third kappa shape index (κ3) is 3.84. The number of hydrogen-bond donors (Lipinski definition) is 2. The number of nitrogens with two attached hydrogens (primary N) is 1. The zero-order chi connectivity index (χ0) is 16.0. The molecule has 0 spiro atoms. The highest BCUT2D eigenvalue weighted by molar-refractivity contribution is 5.86. The Balaban J connectivity index is 3.26. The Labute approximate surface area is 125 Å². The number of hydrogen-bond acceptors (Lipinski definition) is 6. The number of hydrazine groups is 1. The molecule has 7 nitrogen and oxygen atoms in total. The SMILES string of the molecule is COCN(N)C(=N)C(c1cccc(OC)c1OC)N(C)C. The number of amidine groups is 1. The Bertz CT molecular complexity index is 479. The fourth-order valence-corrected chi connectivity index (χ4v) is 2.16. The molecule has 1 aromatic carbocycles. The van der Waals surface area contributed by atoms with E-state index in [9.17, 15) is 0 Å². The molecular formula is C14H24N4O3. The second-order valence-electron chi connectivity index (χ2n) is 4.72. The zero-order valence-corrected chi connectivity index (χ0v) is 13.2. The summed E-state index contributed by atoms with van der Waals surface area (Å²) in [5, 5.41) is 9.56. The van der Waals surface area contributed by atoms with Crippen molar-refractivity contribution < 1.29 is 14.2 Å². The van der Waals surface area contributed by atoms with E-state index in [1.165, 1.54) is 12.1 Å². The number of ether oxygens (including phenoxy) is 3. The Morgan fingerprint density at radius 1 is 1.24 bits per heavy atom. The molecule has 21 heavy (non-hydrogen) atoms. The van der Waals surface area contributed by atoms with Gasteiger partial charge in [-0.1, -0.05) is 12.1 Å². The van der Waals surface area contributed by atoms with Crippen molar-refractivity contribution in [3.63, 3.8) is 0 Å². The van der Waals surface area contributed by atoms with Crippen LogP contribution in [0.3, 0.4) is 0 Å². The van der Waals surface area contributed by atoms with Crippen LogP contribution in [0.1, 0.15) is 11.6 Å². The standard InChI is InChI=1S/C14H24N4O3/c1-17(2)12(14(15)18(16)9-19-3)10-7-6-8-11(20-4)13(10)21-5/h6-8,12,15H,9,16H2,1-5H3. The van der Waals surface area contributed by atoms with Crippen LogP contribution in [-0.2, 0) is 4.74 Å². The van der Waals surface area contributed by atoms with Crippen LogP contribution in [0.15, 0.2) is 18.2 Å². The van der Waals surface area contributed by atoms with Gasteiger partial charge in [-0.15, -0.1) is 0 Å². The van der Waals surface area contributed by atoms with E-state index in [4.69, 9.17) is 25.5 Å². The van der Waals surface area contributed by atoms with Crippen molar-refractivity contribution in [3.05, 3.63) is 23.8 Å². The third-order valence-electron chi connectivity index (χ3n) is 3.08. The van der Waals surface area contributed by atoms with Crippen LogP contribution in [0.5, 0.6) is 11.5 Å². The minimum atomic E-state index is -0.379. The van der Waals surface area contributed by atoms with Crippen molar-refractivity contribution in [2.24, 2.45) is 5.84 Å². The van der Waals surface area contributed by atoms with E-state index in [-0.39, 0.29) is 18.6 Å². The fraction of sp³-hybridized carbons (Fsp3) is 0.500. The summed E-state index contributed by atoms with van der Waals surface area (Å²) >= 11 is 0. The molecule has 1 unspecified atom stereocenters. The van der Waals surface area contributed by atoms with Gasteiger partial charge in [-0.3, -0.25) is 15.3 Å². The average Bonchev–Trinajstić information content (AvgIpc) is 2.46. The smallest absolute Gasteiger partial charge is 0.165 e. The summed E-state index contributed by atoms with van der Waals surface area (Å²) in [6.07, 6.45) is 0. The summed E-state index contributed by atoms with van der Waals surface area (Å²) in [4.78, 5) is 1.88. The minimum Gasteiger partial charge on any atom is -0.493 e. The lowest BCUT2D eigenvalue weighted by atomic mass is 10.0. The first kappa shape index (κ1) is 17.2. The highest BCUT2D eigenvalue weighted by atomic mass is 16.5. The van der Waals surface area contributed by atoms with Gasteiger partial charge in [-0.25, -0.2) is 5.84 Å². The molecule has 0 aliphatic carbocycles. The van der Waals surface area contributed by atoms with Crippen molar-refractivity contribution >= 4 is 5.84 Å². The van der Waals surface area contributed by atoms with Crippen molar-refractivity contribution in [1.29, 1.82) is 5.41 Å². The number of para-hydroxylation sites is 1. The van der Waals surface area contributed by atoms with Crippen LogP contribution in [0.2, 0.25) is 0 Å². The number of benzene rings is 1. The van der Waals surface area contributed by atoms with Crippen LogP contribution in [0.25, 0.3) is 0 Å². The van der Waals surface area contributed by atoms with Gasteiger partial charge >= 0.3 is 0 Å². The quantitative estimate of drug-likeness (QED) is 0.257. The summed E-state index contributed by atoms with van der Waals surface area (Å²) in [7, 11) is 8.44. The summed E-state index contributed by atoms with van der Waals surface area (Å²) in [5.41, 5.74) is 0.804. The largest absolute Gasteiger partial charge is 0.493 e. The predicted molar refractivity (Wildman–Crippen MR) is 81.6 cm³/mol. The predicted octanol–water partition coefficient (Wildman–Crippen LogP) is 1.06. The fourth-order valence-electron chi connectivity index (χ4n) is 2.16. The molecule has 0 radical (unpaired) electrons. The van der Waals surface area contributed by atoms with Gasteiger partial charge in [0.05, 0.1) is 20.3 Å². The van der Waals surface area contributed by atoms with Gasteiger partial charge in [0.15, 0.2) is 11.5 Å².